The van der Waals surface area contributed by atoms with Gasteiger partial charge >= 0.3 is 5.97 Å². The molecule has 1 aromatic rings. The van der Waals surface area contributed by atoms with Crippen LogP contribution in [-0.4, -0.2) is 18.5 Å². The highest BCUT2D eigenvalue weighted by Gasteiger charge is 2.27. The molecule has 1 amide bonds. The molecule has 1 fully saturated rings. The minimum atomic E-state index is -0.322. The Labute approximate surface area is 120 Å². The normalized spacial score (nSPS) is 14.6. The summed E-state index contributed by atoms with van der Waals surface area (Å²) in [5.74, 6) is -0.583. The van der Waals surface area contributed by atoms with Gasteiger partial charge in [-0.15, -0.1) is 0 Å². The van der Waals surface area contributed by atoms with Crippen molar-refractivity contribution in [1.82, 2.24) is 0 Å². The number of nitrogens with one attached hydrogen (secondary N) is 1. The second kappa shape index (κ2) is 6.19. The molecule has 0 spiro atoms. The number of carbonyl (C=O) groups is 2. The minimum Gasteiger partial charge on any atom is -0.455 e. The molecule has 0 radical (unpaired) electrons. The van der Waals surface area contributed by atoms with E-state index in [2.05, 4.69) is 21.2 Å². The fraction of sp³-hybridized carbons (Fsp3) is 0.429. The van der Waals surface area contributed by atoms with Gasteiger partial charge in [0, 0.05) is 4.47 Å². The largest absolute Gasteiger partial charge is 0.455 e. The van der Waals surface area contributed by atoms with Crippen molar-refractivity contribution >= 4 is 33.5 Å². The van der Waals surface area contributed by atoms with E-state index in [-0.39, 0.29) is 24.4 Å². The van der Waals surface area contributed by atoms with Crippen LogP contribution in [0.2, 0.25) is 0 Å². The number of rotatable bonds is 4. The van der Waals surface area contributed by atoms with Gasteiger partial charge < -0.3 is 10.1 Å². The zero-order valence-electron chi connectivity index (χ0n) is 10.7. The Balaban J connectivity index is 1.81. The van der Waals surface area contributed by atoms with E-state index in [1.54, 1.807) is 0 Å². The second-order valence-electron chi connectivity index (χ2n) is 4.77. The van der Waals surface area contributed by atoms with Crippen molar-refractivity contribution in [2.75, 3.05) is 11.9 Å². The van der Waals surface area contributed by atoms with Gasteiger partial charge in [0.1, 0.15) is 0 Å². The molecule has 1 aliphatic carbocycles. The molecule has 19 heavy (non-hydrogen) atoms. The maximum Gasteiger partial charge on any atom is 0.309 e. The fourth-order valence-electron chi connectivity index (χ4n) is 1.81. The number of aryl methyl sites for hydroxylation is 1. The molecule has 1 aliphatic rings. The van der Waals surface area contributed by atoms with Crippen molar-refractivity contribution in [3.8, 4) is 0 Å². The lowest BCUT2D eigenvalue weighted by Crippen LogP contribution is -2.28. The van der Waals surface area contributed by atoms with Crippen molar-refractivity contribution in [2.45, 2.75) is 26.2 Å². The first-order valence-corrected chi connectivity index (χ1v) is 7.08. The molecule has 0 bridgehead atoms. The molecule has 1 N–H and O–H groups in total. The average molecular weight is 326 g/mol. The number of halogens is 1. The zero-order chi connectivity index (χ0) is 13.8. The number of anilines is 1. The van der Waals surface area contributed by atoms with Crippen LogP contribution in [0.5, 0.6) is 0 Å². The molecular weight excluding hydrogens is 310 g/mol. The molecule has 1 saturated carbocycles. The number of ether oxygens (including phenoxy) is 1. The summed E-state index contributed by atoms with van der Waals surface area (Å²) in [6, 6.07) is 5.63. The van der Waals surface area contributed by atoms with E-state index in [0.717, 1.165) is 29.3 Å². The summed E-state index contributed by atoms with van der Waals surface area (Å²) in [6.45, 7) is 1.74. The Morgan fingerprint density at radius 2 is 2.16 bits per heavy atom. The first kappa shape index (κ1) is 14.1. The van der Waals surface area contributed by atoms with Gasteiger partial charge in [-0.1, -0.05) is 12.5 Å². The lowest BCUT2D eigenvalue weighted by atomic mass is 9.86. The number of amides is 1. The van der Waals surface area contributed by atoms with Crippen LogP contribution in [0.25, 0.3) is 0 Å². The molecule has 0 saturated heterocycles. The van der Waals surface area contributed by atoms with Gasteiger partial charge in [0.25, 0.3) is 5.91 Å². The molecule has 2 rings (SSSR count). The molecule has 102 valence electrons. The summed E-state index contributed by atoms with van der Waals surface area (Å²) in [4.78, 5) is 23.2. The van der Waals surface area contributed by atoms with Crippen LogP contribution in [-0.2, 0) is 14.3 Å². The number of carbonyl (C=O) groups excluding carboxylic acids is 2. The Kier molecular flexibility index (Phi) is 4.58. The van der Waals surface area contributed by atoms with Crippen molar-refractivity contribution in [3.05, 3.63) is 28.2 Å². The molecule has 5 heteroatoms. The van der Waals surface area contributed by atoms with E-state index in [0.29, 0.717) is 5.69 Å². The maximum atomic E-state index is 11.7. The predicted octanol–water partition coefficient (Wildman–Crippen LogP) is 3.04. The monoisotopic (exact) mass is 325 g/mol. The fourth-order valence-corrected chi connectivity index (χ4v) is 2.40. The first-order chi connectivity index (χ1) is 9.06. The quantitative estimate of drug-likeness (QED) is 0.865. The molecule has 0 heterocycles. The summed E-state index contributed by atoms with van der Waals surface area (Å²) in [5, 5.41) is 2.70. The highest BCUT2D eigenvalue weighted by atomic mass is 79.9. The number of hydrogen-bond donors (Lipinski definition) is 1. The van der Waals surface area contributed by atoms with Crippen molar-refractivity contribution < 1.29 is 14.3 Å². The third-order valence-electron chi connectivity index (χ3n) is 3.18. The van der Waals surface area contributed by atoms with Crippen molar-refractivity contribution in [2.24, 2.45) is 5.92 Å². The highest BCUT2D eigenvalue weighted by Crippen LogP contribution is 2.27. The van der Waals surface area contributed by atoms with Crippen LogP contribution in [0.1, 0.15) is 24.8 Å². The third-order valence-corrected chi connectivity index (χ3v) is 3.84. The van der Waals surface area contributed by atoms with Gasteiger partial charge in [-0.25, -0.2) is 0 Å². The number of hydrogen-bond acceptors (Lipinski definition) is 3. The minimum absolute atomic E-state index is 0.00101. The maximum absolute atomic E-state index is 11.7. The Hall–Kier alpha value is -1.36. The Morgan fingerprint density at radius 1 is 1.42 bits per heavy atom. The topological polar surface area (TPSA) is 55.4 Å². The standard InChI is InChI=1S/C14H16BrNO3/c1-9-5-6-12(11(15)7-9)16-13(17)8-19-14(18)10-3-2-4-10/h5-7,10H,2-4,8H2,1H3,(H,16,17). The van der Waals surface area contributed by atoms with Gasteiger partial charge in [-0.3, -0.25) is 9.59 Å². The predicted molar refractivity (Wildman–Crippen MR) is 75.8 cm³/mol. The Morgan fingerprint density at radius 3 is 2.74 bits per heavy atom. The van der Waals surface area contributed by atoms with Crippen LogP contribution < -0.4 is 5.32 Å². The molecule has 0 unspecified atom stereocenters. The SMILES string of the molecule is Cc1ccc(NC(=O)COC(=O)C2CCC2)c(Br)c1. The third kappa shape index (κ3) is 3.80. The lowest BCUT2D eigenvalue weighted by molar-refractivity contribution is -0.154. The van der Waals surface area contributed by atoms with Crippen molar-refractivity contribution in [3.63, 3.8) is 0 Å². The van der Waals surface area contributed by atoms with E-state index in [1.165, 1.54) is 0 Å². The van der Waals surface area contributed by atoms with Gasteiger partial charge in [-0.2, -0.15) is 0 Å². The molecule has 0 atom stereocenters. The van der Waals surface area contributed by atoms with Crippen LogP contribution in [0.3, 0.4) is 0 Å². The van der Waals surface area contributed by atoms with Crippen LogP contribution in [0.4, 0.5) is 5.69 Å². The molecule has 0 aromatic heterocycles. The summed E-state index contributed by atoms with van der Waals surface area (Å²) in [6.07, 6.45) is 2.83. The van der Waals surface area contributed by atoms with E-state index in [1.807, 2.05) is 25.1 Å². The Bertz CT molecular complexity index is 497. The first-order valence-electron chi connectivity index (χ1n) is 6.29. The smallest absolute Gasteiger partial charge is 0.309 e. The molecule has 1 aromatic carbocycles. The highest BCUT2D eigenvalue weighted by molar-refractivity contribution is 9.10. The van der Waals surface area contributed by atoms with E-state index >= 15 is 0 Å². The lowest BCUT2D eigenvalue weighted by Gasteiger charge is -2.22. The molecule has 0 aliphatic heterocycles. The molecule has 4 nitrogen and oxygen atoms in total. The van der Waals surface area contributed by atoms with Crippen LogP contribution >= 0.6 is 15.9 Å². The van der Waals surface area contributed by atoms with Gasteiger partial charge in [-0.05, 0) is 53.4 Å². The number of esters is 1. The molecular formula is C14H16BrNO3. The summed E-state index contributed by atoms with van der Waals surface area (Å²) in [7, 11) is 0. The summed E-state index contributed by atoms with van der Waals surface area (Å²) >= 11 is 3.38. The zero-order valence-corrected chi connectivity index (χ0v) is 12.3. The van der Waals surface area contributed by atoms with E-state index in [4.69, 9.17) is 4.74 Å². The van der Waals surface area contributed by atoms with E-state index in [9.17, 15) is 9.59 Å². The van der Waals surface area contributed by atoms with Crippen LogP contribution in [0, 0.1) is 12.8 Å². The van der Waals surface area contributed by atoms with Crippen molar-refractivity contribution in [1.29, 1.82) is 0 Å². The summed E-state index contributed by atoms with van der Waals surface area (Å²) in [5.41, 5.74) is 1.77. The average Bonchev–Trinajstić information content (AvgIpc) is 2.28. The van der Waals surface area contributed by atoms with Crippen LogP contribution in [0.15, 0.2) is 22.7 Å². The van der Waals surface area contributed by atoms with Gasteiger partial charge in [0.05, 0.1) is 11.6 Å². The number of benzene rings is 1. The second-order valence-corrected chi connectivity index (χ2v) is 5.62. The van der Waals surface area contributed by atoms with Gasteiger partial charge in [0.2, 0.25) is 0 Å². The van der Waals surface area contributed by atoms with E-state index < -0.39 is 0 Å². The van der Waals surface area contributed by atoms with Gasteiger partial charge in [0.15, 0.2) is 6.61 Å². The summed E-state index contributed by atoms with van der Waals surface area (Å²) < 4.78 is 5.79.